The van der Waals surface area contributed by atoms with Gasteiger partial charge >= 0.3 is 0 Å². The minimum Gasteiger partial charge on any atom is -0.495 e. The number of hydrogen-bond donors (Lipinski definition) is 3. The topological polar surface area (TPSA) is 107 Å². The first kappa shape index (κ1) is 18.4. The van der Waals surface area contributed by atoms with Crippen LogP contribution in [-0.2, 0) is 4.79 Å². The number of carbonyl (C=O) groups is 2. The lowest BCUT2D eigenvalue weighted by Crippen LogP contribution is -2.27. The summed E-state index contributed by atoms with van der Waals surface area (Å²) >= 11 is 0. The van der Waals surface area contributed by atoms with E-state index in [2.05, 4.69) is 5.32 Å². The van der Waals surface area contributed by atoms with Gasteiger partial charge in [-0.1, -0.05) is 42.5 Å². The first-order valence-electron chi connectivity index (χ1n) is 8.51. The molecule has 27 heavy (non-hydrogen) atoms. The predicted octanol–water partition coefficient (Wildman–Crippen LogP) is 2.63. The maximum absolute atomic E-state index is 12.8. The number of ether oxygens (including phenoxy) is 1. The van der Waals surface area contributed by atoms with Gasteiger partial charge in [-0.25, -0.2) is 0 Å². The van der Waals surface area contributed by atoms with Crippen LogP contribution in [0.25, 0.3) is 10.8 Å². The fraction of sp³-hybridized carbons (Fsp3) is 0.143. The van der Waals surface area contributed by atoms with E-state index in [1.807, 2.05) is 42.5 Å². The average molecular weight is 363 g/mol. The quantitative estimate of drug-likeness (QED) is 0.626. The van der Waals surface area contributed by atoms with E-state index in [4.69, 9.17) is 16.2 Å². The predicted molar refractivity (Wildman–Crippen MR) is 106 cm³/mol. The van der Waals surface area contributed by atoms with Gasteiger partial charge in [-0.2, -0.15) is 0 Å². The third-order valence-electron chi connectivity index (χ3n) is 4.47. The van der Waals surface area contributed by atoms with Gasteiger partial charge in [0.25, 0.3) is 0 Å². The average Bonchev–Trinajstić information content (AvgIpc) is 2.68. The van der Waals surface area contributed by atoms with Crippen LogP contribution in [0.15, 0.2) is 60.7 Å². The Hall–Kier alpha value is -3.38. The molecule has 3 rings (SSSR count). The minimum atomic E-state index is -0.567. The lowest BCUT2D eigenvalue weighted by Gasteiger charge is -2.17. The number of primary amides is 1. The van der Waals surface area contributed by atoms with E-state index in [1.54, 1.807) is 6.07 Å². The molecule has 0 aliphatic heterocycles. The number of benzene rings is 3. The van der Waals surface area contributed by atoms with Gasteiger partial charge in [0.2, 0.25) is 11.8 Å². The van der Waals surface area contributed by atoms with Crippen molar-refractivity contribution in [3.8, 4) is 5.75 Å². The second kappa shape index (κ2) is 7.88. The van der Waals surface area contributed by atoms with Crippen molar-refractivity contribution in [2.75, 3.05) is 19.0 Å². The Morgan fingerprint density at radius 1 is 1.04 bits per heavy atom. The van der Waals surface area contributed by atoms with E-state index in [1.165, 1.54) is 19.2 Å². The molecule has 1 atom stereocenters. The number of anilines is 1. The van der Waals surface area contributed by atoms with Crippen molar-refractivity contribution in [1.82, 2.24) is 0 Å². The Bertz CT molecular complexity index is 1000. The molecule has 0 spiro atoms. The number of nitrogens with two attached hydrogens (primary N) is 2. The van der Waals surface area contributed by atoms with E-state index in [0.717, 1.165) is 16.3 Å². The van der Waals surface area contributed by atoms with Crippen LogP contribution in [0.1, 0.15) is 21.8 Å². The number of hydrogen-bond acceptors (Lipinski definition) is 4. The van der Waals surface area contributed by atoms with Crippen molar-refractivity contribution >= 4 is 28.3 Å². The second-order valence-corrected chi connectivity index (χ2v) is 6.16. The number of carbonyl (C=O) groups excluding carboxylic acids is 2. The van der Waals surface area contributed by atoms with Gasteiger partial charge in [0.05, 0.1) is 18.7 Å². The SMILES string of the molecule is COc1cc(C(N)=O)ccc1NC(=O)C(CN)c1ccc2ccccc2c1. The van der Waals surface area contributed by atoms with Gasteiger partial charge in [0.15, 0.2) is 0 Å². The van der Waals surface area contributed by atoms with E-state index < -0.39 is 11.8 Å². The van der Waals surface area contributed by atoms with E-state index in [0.29, 0.717) is 17.0 Å². The lowest BCUT2D eigenvalue weighted by molar-refractivity contribution is -0.117. The molecule has 3 aromatic rings. The molecule has 0 aromatic heterocycles. The maximum Gasteiger partial charge on any atom is 0.248 e. The van der Waals surface area contributed by atoms with Crippen LogP contribution in [0, 0.1) is 0 Å². The molecule has 0 saturated heterocycles. The summed E-state index contributed by atoms with van der Waals surface area (Å²) in [7, 11) is 1.46. The zero-order valence-corrected chi connectivity index (χ0v) is 14.9. The van der Waals surface area contributed by atoms with Gasteiger partial charge < -0.3 is 21.5 Å². The second-order valence-electron chi connectivity index (χ2n) is 6.16. The van der Waals surface area contributed by atoms with Crippen LogP contribution in [-0.4, -0.2) is 25.5 Å². The number of nitrogens with one attached hydrogen (secondary N) is 1. The Balaban J connectivity index is 1.87. The molecule has 1 unspecified atom stereocenters. The molecule has 6 nitrogen and oxygen atoms in total. The third kappa shape index (κ3) is 3.91. The summed E-state index contributed by atoms with van der Waals surface area (Å²) in [6.07, 6.45) is 0. The first-order valence-corrected chi connectivity index (χ1v) is 8.51. The van der Waals surface area contributed by atoms with Crippen molar-refractivity contribution in [3.05, 3.63) is 71.8 Å². The molecule has 0 fully saturated rings. The highest BCUT2D eigenvalue weighted by Crippen LogP contribution is 2.28. The zero-order valence-electron chi connectivity index (χ0n) is 14.9. The van der Waals surface area contributed by atoms with Crippen molar-refractivity contribution in [2.24, 2.45) is 11.5 Å². The number of methoxy groups -OCH3 is 1. The molecule has 0 heterocycles. The van der Waals surface area contributed by atoms with Crippen molar-refractivity contribution in [1.29, 1.82) is 0 Å². The summed E-state index contributed by atoms with van der Waals surface area (Å²) in [6, 6.07) is 18.4. The summed E-state index contributed by atoms with van der Waals surface area (Å²) in [6.45, 7) is 0.159. The Morgan fingerprint density at radius 2 is 1.78 bits per heavy atom. The standard InChI is InChI=1S/C21H21N3O3/c1-27-19-11-16(20(23)25)8-9-18(19)24-21(26)17(12-22)15-7-6-13-4-2-3-5-14(13)10-15/h2-11,17H,12,22H2,1H3,(H2,23,25)(H,24,26). The lowest BCUT2D eigenvalue weighted by atomic mass is 9.95. The molecule has 0 radical (unpaired) electrons. The van der Waals surface area contributed by atoms with Gasteiger partial charge in [-0.05, 0) is 34.5 Å². The number of rotatable bonds is 6. The summed E-state index contributed by atoms with van der Waals surface area (Å²) in [4.78, 5) is 24.1. The van der Waals surface area contributed by atoms with Crippen molar-refractivity contribution < 1.29 is 14.3 Å². The molecule has 3 aromatic carbocycles. The Kier molecular flexibility index (Phi) is 5.38. The van der Waals surface area contributed by atoms with E-state index in [9.17, 15) is 9.59 Å². The van der Waals surface area contributed by atoms with E-state index >= 15 is 0 Å². The van der Waals surface area contributed by atoms with Crippen LogP contribution in [0.4, 0.5) is 5.69 Å². The Morgan fingerprint density at radius 3 is 2.44 bits per heavy atom. The molecular weight excluding hydrogens is 342 g/mol. The highest BCUT2D eigenvalue weighted by molar-refractivity contribution is 5.99. The smallest absolute Gasteiger partial charge is 0.248 e. The van der Waals surface area contributed by atoms with E-state index in [-0.39, 0.29) is 12.5 Å². The van der Waals surface area contributed by atoms with Crippen LogP contribution >= 0.6 is 0 Å². The normalized spacial score (nSPS) is 11.8. The summed E-state index contributed by atoms with van der Waals surface area (Å²) in [5.41, 5.74) is 12.8. The number of amides is 2. The fourth-order valence-electron chi connectivity index (χ4n) is 2.99. The van der Waals surface area contributed by atoms with Crippen LogP contribution < -0.4 is 21.5 Å². The van der Waals surface area contributed by atoms with Crippen molar-refractivity contribution in [3.63, 3.8) is 0 Å². The molecule has 0 aliphatic carbocycles. The fourth-order valence-corrected chi connectivity index (χ4v) is 2.99. The molecule has 2 amide bonds. The van der Waals surface area contributed by atoms with Crippen LogP contribution in [0.5, 0.6) is 5.75 Å². The molecule has 0 saturated carbocycles. The summed E-state index contributed by atoms with van der Waals surface area (Å²) in [5, 5.41) is 4.97. The molecule has 5 N–H and O–H groups in total. The molecular formula is C21H21N3O3. The number of fused-ring (bicyclic) bond motifs is 1. The highest BCUT2D eigenvalue weighted by Gasteiger charge is 2.21. The largest absolute Gasteiger partial charge is 0.495 e. The molecule has 0 bridgehead atoms. The van der Waals surface area contributed by atoms with Crippen molar-refractivity contribution in [2.45, 2.75) is 5.92 Å². The monoisotopic (exact) mass is 363 g/mol. The third-order valence-corrected chi connectivity index (χ3v) is 4.47. The summed E-state index contributed by atoms with van der Waals surface area (Å²) in [5.74, 6) is -0.982. The highest BCUT2D eigenvalue weighted by atomic mass is 16.5. The van der Waals surface area contributed by atoms with Crippen LogP contribution in [0.3, 0.4) is 0 Å². The Labute approximate surface area is 157 Å². The van der Waals surface area contributed by atoms with Gasteiger partial charge in [-0.3, -0.25) is 9.59 Å². The van der Waals surface area contributed by atoms with Crippen LogP contribution in [0.2, 0.25) is 0 Å². The van der Waals surface area contributed by atoms with Gasteiger partial charge in [-0.15, -0.1) is 0 Å². The maximum atomic E-state index is 12.8. The molecule has 138 valence electrons. The first-order chi connectivity index (χ1) is 13.0. The minimum absolute atomic E-state index is 0.159. The van der Waals surface area contributed by atoms with Gasteiger partial charge in [0.1, 0.15) is 5.75 Å². The molecule has 6 heteroatoms. The van der Waals surface area contributed by atoms with Gasteiger partial charge in [0, 0.05) is 12.1 Å². The molecule has 0 aliphatic rings. The zero-order chi connectivity index (χ0) is 19.4. The summed E-state index contributed by atoms with van der Waals surface area (Å²) < 4.78 is 5.26.